The lowest BCUT2D eigenvalue weighted by Crippen LogP contribution is -2.49. The molecule has 23 heavy (non-hydrogen) atoms. The molecule has 0 spiro atoms. The van der Waals surface area contributed by atoms with Crippen molar-refractivity contribution in [3.8, 4) is 0 Å². The molecule has 2 aromatic rings. The molecule has 124 valence electrons. The first kappa shape index (κ1) is 16.4. The van der Waals surface area contributed by atoms with Crippen LogP contribution in [-0.4, -0.2) is 69.5 Å². The molecular weight excluding hydrogens is 360 g/mol. The number of hydrogen-bond acceptors (Lipinski definition) is 4. The van der Waals surface area contributed by atoms with Gasteiger partial charge in [-0.2, -0.15) is 0 Å². The summed E-state index contributed by atoms with van der Waals surface area (Å²) in [7, 11) is 0. The topological polar surface area (TPSA) is 61.1 Å². The summed E-state index contributed by atoms with van der Waals surface area (Å²) in [5, 5.41) is 9.01. The molecule has 0 aliphatic carbocycles. The lowest BCUT2D eigenvalue weighted by Gasteiger charge is -2.34. The maximum Gasteiger partial charge on any atom is 0.272 e. The zero-order valence-corrected chi connectivity index (χ0v) is 15.0. The van der Waals surface area contributed by atoms with Gasteiger partial charge in [-0.05, 0) is 41.4 Å². The Morgan fingerprint density at radius 3 is 2.65 bits per heavy atom. The van der Waals surface area contributed by atoms with Gasteiger partial charge in [-0.15, -0.1) is 0 Å². The van der Waals surface area contributed by atoms with Crippen molar-refractivity contribution in [1.82, 2.24) is 19.2 Å². The zero-order chi connectivity index (χ0) is 16.6. The Kier molecular flexibility index (Phi) is 4.70. The van der Waals surface area contributed by atoms with Crippen molar-refractivity contribution in [3.05, 3.63) is 33.7 Å². The zero-order valence-electron chi connectivity index (χ0n) is 13.4. The van der Waals surface area contributed by atoms with Gasteiger partial charge in [0.2, 0.25) is 0 Å². The van der Waals surface area contributed by atoms with E-state index in [-0.39, 0.29) is 12.5 Å². The number of aromatic nitrogens is 2. The van der Waals surface area contributed by atoms with E-state index in [4.69, 9.17) is 5.11 Å². The highest BCUT2D eigenvalue weighted by Gasteiger charge is 2.26. The Hall–Kier alpha value is -1.44. The number of nitrogens with zero attached hydrogens (tertiary/aromatic N) is 4. The van der Waals surface area contributed by atoms with Gasteiger partial charge in [0, 0.05) is 38.9 Å². The number of amides is 1. The van der Waals surface area contributed by atoms with Crippen LogP contribution in [0.2, 0.25) is 0 Å². The van der Waals surface area contributed by atoms with Crippen molar-refractivity contribution in [3.63, 3.8) is 0 Å². The molecule has 0 unspecified atom stereocenters. The summed E-state index contributed by atoms with van der Waals surface area (Å²) in [6.07, 6.45) is 1.95. The minimum absolute atomic E-state index is 0.0242. The van der Waals surface area contributed by atoms with E-state index in [9.17, 15) is 4.79 Å². The number of aliphatic hydroxyl groups is 1. The van der Waals surface area contributed by atoms with Gasteiger partial charge in [-0.25, -0.2) is 4.98 Å². The fourth-order valence-electron chi connectivity index (χ4n) is 3.07. The lowest BCUT2D eigenvalue weighted by atomic mass is 10.2. The van der Waals surface area contributed by atoms with Crippen LogP contribution in [0, 0.1) is 13.8 Å². The molecule has 1 aliphatic heterocycles. The normalized spacial score (nSPS) is 16.3. The number of fused-ring (bicyclic) bond motifs is 1. The van der Waals surface area contributed by atoms with Gasteiger partial charge in [0.15, 0.2) is 5.65 Å². The number of carbonyl (C=O) groups excluding carboxylic acids is 1. The fourth-order valence-corrected chi connectivity index (χ4v) is 3.71. The molecule has 0 saturated carbocycles. The molecule has 2 aromatic heterocycles. The highest BCUT2D eigenvalue weighted by atomic mass is 79.9. The number of aliphatic hydroxyl groups excluding tert-OH is 1. The molecule has 0 atom stereocenters. The van der Waals surface area contributed by atoms with Gasteiger partial charge in [-0.3, -0.25) is 14.1 Å². The lowest BCUT2D eigenvalue weighted by molar-refractivity contribution is 0.0607. The molecule has 1 aliphatic rings. The quantitative estimate of drug-likeness (QED) is 0.875. The molecule has 1 amide bonds. The number of β-amino-alcohol motifs (C(OH)–C–C–N with tert-alkyl or cyclic N) is 1. The summed E-state index contributed by atoms with van der Waals surface area (Å²) < 4.78 is 2.78. The third-order valence-corrected chi connectivity index (χ3v) is 4.85. The van der Waals surface area contributed by atoms with Gasteiger partial charge in [-0.1, -0.05) is 0 Å². The Labute approximate surface area is 143 Å². The summed E-state index contributed by atoms with van der Waals surface area (Å²) in [5.74, 6) is 0.0242. The molecule has 0 radical (unpaired) electrons. The van der Waals surface area contributed by atoms with Crippen LogP contribution in [0.3, 0.4) is 0 Å². The monoisotopic (exact) mass is 380 g/mol. The maximum atomic E-state index is 13.0. The van der Waals surface area contributed by atoms with Gasteiger partial charge in [0.25, 0.3) is 5.91 Å². The van der Waals surface area contributed by atoms with Crippen molar-refractivity contribution in [1.29, 1.82) is 0 Å². The molecule has 1 N–H and O–H groups in total. The van der Waals surface area contributed by atoms with E-state index in [1.54, 1.807) is 0 Å². The highest BCUT2D eigenvalue weighted by molar-refractivity contribution is 9.10. The van der Waals surface area contributed by atoms with Gasteiger partial charge >= 0.3 is 0 Å². The Balaban J connectivity index is 1.89. The molecule has 1 saturated heterocycles. The van der Waals surface area contributed by atoms with Crippen molar-refractivity contribution < 1.29 is 9.90 Å². The summed E-state index contributed by atoms with van der Waals surface area (Å²) in [6, 6.07) is 2.00. The average molecular weight is 381 g/mol. The van der Waals surface area contributed by atoms with Crippen molar-refractivity contribution in [2.75, 3.05) is 39.3 Å². The first-order valence-electron chi connectivity index (χ1n) is 7.78. The van der Waals surface area contributed by atoms with Crippen molar-refractivity contribution >= 4 is 27.5 Å². The Morgan fingerprint density at radius 1 is 1.30 bits per heavy atom. The van der Waals surface area contributed by atoms with E-state index in [1.807, 2.05) is 35.4 Å². The van der Waals surface area contributed by atoms with E-state index < -0.39 is 0 Å². The number of pyridine rings is 1. The maximum absolute atomic E-state index is 13.0. The van der Waals surface area contributed by atoms with Crippen LogP contribution in [0.25, 0.3) is 5.65 Å². The number of imidazole rings is 1. The summed E-state index contributed by atoms with van der Waals surface area (Å²) in [5.41, 5.74) is 3.23. The van der Waals surface area contributed by atoms with Crippen LogP contribution in [-0.2, 0) is 0 Å². The summed E-state index contributed by atoms with van der Waals surface area (Å²) >= 11 is 3.53. The number of hydrogen-bond donors (Lipinski definition) is 1. The smallest absolute Gasteiger partial charge is 0.272 e. The highest BCUT2D eigenvalue weighted by Crippen LogP contribution is 2.23. The molecule has 0 bridgehead atoms. The fraction of sp³-hybridized carbons (Fsp3) is 0.500. The molecular formula is C16H21BrN4O2. The third kappa shape index (κ3) is 3.13. The summed E-state index contributed by atoms with van der Waals surface area (Å²) in [4.78, 5) is 21.6. The number of carbonyl (C=O) groups is 1. The van der Waals surface area contributed by atoms with E-state index in [0.717, 1.165) is 34.5 Å². The minimum atomic E-state index is 0.0242. The average Bonchev–Trinajstić information content (AvgIpc) is 2.84. The number of rotatable bonds is 3. The van der Waals surface area contributed by atoms with E-state index in [2.05, 4.69) is 25.8 Å². The van der Waals surface area contributed by atoms with Crippen LogP contribution < -0.4 is 0 Å². The molecule has 6 nitrogen and oxygen atoms in total. The third-order valence-electron chi connectivity index (χ3n) is 4.26. The van der Waals surface area contributed by atoms with Crippen molar-refractivity contribution in [2.24, 2.45) is 0 Å². The first-order valence-corrected chi connectivity index (χ1v) is 8.58. The van der Waals surface area contributed by atoms with Gasteiger partial charge in [0.05, 0.1) is 16.8 Å². The van der Waals surface area contributed by atoms with E-state index >= 15 is 0 Å². The predicted molar refractivity (Wildman–Crippen MR) is 91.8 cm³/mol. The summed E-state index contributed by atoms with van der Waals surface area (Å²) in [6.45, 7) is 7.66. The predicted octanol–water partition coefficient (Wildman–Crippen LogP) is 1.46. The number of aryl methyl sites for hydroxylation is 2. The number of halogens is 1. The second kappa shape index (κ2) is 6.59. The van der Waals surface area contributed by atoms with E-state index in [1.165, 1.54) is 0 Å². The second-order valence-corrected chi connectivity index (χ2v) is 6.82. The van der Waals surface area contributed by atoms with Crippen molar-refractivity contribution in [2.45, 2.75) is 13.8 Å². The first-order chi connectivity index (χ1) is 11.0. The molecule has 0 aromatic carbocycles. The molecule has 1 fully saturated rings. The Bertz CT molecular complexity index is 735. The largest absolute Gasteiger partial charge is 0.395 e. The molecule has 3 rings (SSSR count). The van der Waals surface area contributed by atoms with Crippen LogP contribution in [0.5, 0.6) is 0 Å². The van der Waals surface area contributed by atoms with Gasteiger partial charge in [0.1, 0.15) is 5.69 Å². The minimum Gasteiger partial charge on any atom is -0.395 e. The van der Waals surface area contributed by atoms with Crippen LogP contribution >= 0.6 is 15.9 Å². The Morgan fingerprint density at radius 2 is 2.00 bits per heavy atom. The van der Waals surface area contributed by atoms with Gasteiger partial charge < -0.3 is 10.0 Å². The second-order valence-electron chi connectivity index (χ2n) is 5.96. The van der Waals surface area contributed by atoms with E-state index in [0.29, 0.717) is 25.3 Å². The standard InChI is InChI=1S/C16H21BrN4O2/c1-11-9-13(17)15-18-12(2)14(21(15)10-11)16(23)20-5-3-19(4-6-20)7-8-22/h9-10,22H,3-8H2,1-2H3. The van der Waals surface area contributed by atoms with Crippen LogP contribution in [0.15, 0.2) is 16.7 Å². The van der Waals surface area contributed by atoms with Crippen LogP contribution in [0.1, 0.15) is 21.7 Å². The SMILES string of the molecule is Cc1cc(Br)c2nc(C)c(C(=O)N3CCN(CCO)CC3)n2c1. The molecule has 3 heterocycles. The van der Waals surface area contributed by atoms with Crippen LogP contribution in [0.4, 0.5) is 0 Å². The number of piperazine rings is 1. The molecule has 7 heteroatoms.